The van der Waals surface area contributed by atoms with Crippen molar-refractivity contribution >= 4 is 6.29 Å². The second kappa shape index (κ2) is 9.22. The summed E-state index contributed by atoms with van der Waals surface area (Å²) in [5, 5.41) is 13.5. The number of hydrogen-bond acceptors (Lipinski definition) is 5. The molecule has 1 aromatic carbocycles. The molecule has 1 aromatic heterocycles. The third-order valence-corrected chi connectivity index (χ3v) is 4.15. The summed E-state index contributed by atoms with van der Waals surface area (Å²) in [6.45, 7) is 6.12. The Bertz CT molecular complexity index is 676. The largest absolute Gasteiger partial charge is 0.507 e. The fourth-order valence-electron chi connectivity index (χ4n) is 2.88. The van der Waals surface area contributed by atoms with Crippen LogP contribution in [0.3, 0.4) is 0 Å². The number of aromatic nitrogens is 2. The molecular formula is C19H26N2O4. The van der Waals surface area contributed by atoms with Crippen LogP contribution in [0.1, 0.15) is 54.7 Å². The van der Waals surface area contributed by atoms with Crippen LogP contribution in [0.25, 0.3) is 0 Å². The number of phenolic OH excluding ortho intramolecular Hbond substituents is 1. The van der Waals surface area contributed by atoms with Crippen LogP contribution in [-0.4, -0.2) is 41.5 Å². The van der Waals surface area contributed by atoms with Crippen LogP contribution < -0.4 is 4.74 Å². The first-order valence-corrected chi connectivity index (χ1v) is 8.50. The molecule has 0 amide bonds. The van der Waals surface area contributed by atoms with Crippen LogP contribution >= 0.6 is 0 Å². The summed E-state index contributed by atoms with van der Waals surface area (Å²) in [6.07, 6.45) is 4.87. The molecule has 0 saturated carbocycles. The number of phenols is 1. The number of hydrogen-bond donors (Lipinski definition) is 1. The summed E-state index contributed by atoms with van der Waals surface area (Å²) in [7, 11) is 1.45. The Hall–Kier alpha value is -2.34. The Morgan fingerprint density at radius 1 is 1.40 bits per heavy atom. The first-order valence-electron chi connectivity index (χ1n) is 8.50. The van der Waals surface area contributed by atoms with E-state index in [9.17, 15) is 4.79 Å². The van der Waals surface area contributed by atoms with Gasteiger partial charge in [0.1, 0.15) is 11.5 Å². The van der Waals surface area contributed by atoms with E-state index < -0.39 is 0 Å². The Morgan fingerprint density at radius 2 is 2.20 bits per heavy atom. The highest BCUT2D eigenvalue weighted by atomic mass is 16.5. The van der Waals surface area contributed by atoms with Gasteiger partial charge in [0, 0.05) is 30.5 Å². The number of ether oxygens (including phenoxy) is 2. The standard InChI is InChI=1S/C11H18N2O.C8H8O3/c1-9(2)13-11(5-6-12-13)10-4-3-7-14-8-10;1-11-8-4-2-3-7(10)6(8)5-9/h5-6,9-10H,3-4,7-8H2,1-2H3;2-5,10H,1H3. The second-order valence-corrected chi connectivity index (χ2v) is 6.22. The van der Waals surface area contributed by atoms with Crippen LogP contribution in [0, 0.1) is 0 Å². The van der Waals surface area contributed by atoms with E-state index in [4.69, 9.17) is 14.6 Å². The maximum absolute atomic E-state index is 10.4. The predicted molar refractivity (Wildman–Crippen MR) is 95.5 cm³/mol. The van der Waals surface area contributed by atoms with Gasteiger partial charge in [0.05, 0.1) is 19.3 Å². The van der Waals surface area contributed by atoms with Gasteiger partial charge in [0.25, 0.3) is 0 Å². The molecule has 0 radical (unpaired) electrons. The Kier molecular flexibility index (Phi) is 7.01. The molecule has 1 N–H and O–H groups in total. The third kappa shape index (κ3) is 4.82. The second-order valence-electron chi connectivity index (χ2n) is 6.22. The average molecular weight is 346 g/mol. The minimum absolute atomic E-state index is 0.0562. The van der Waals surface area contributed by atoms with Crippen molar-refractivity contribution in [1.29, 1.82) is 0 Å². The highest BCUT2D eigenvalue weighted by molar-refractivity contribution is 5.83. The first-order chi connectivity index (χ1) is 12.1. The molecular weight excluding hydrogens is 320 g/mol. The van der Waals surface area contributed by atoms with Crippen LogP contribution in [0.15, 0.2) is 30.5 Å². The van der Waals surface area contributed by atoms with Crippen molar-refractivity contribution in [3.8, 4) is 11.5 Å². The summed E-state index contributed by atoms with van der Waals surface area (Å²) in [5.74, 6) is 0.882. The topological polar surface area (TPSA) is 73.6 Å². The van der Waals surface area contributed by atoms with E-state index in [2.05, 4.69) is 29.7 Å². The summed E-state index contributed by atoms with van der Waals surface area (Å²) >= 11 is 0. The van der Waals surface area contributed by atoms with Crippen LogP contribution in [0.5, 0.6) is 11.5 Å². The monoisotopic (exact) mass is 346 g/mol. The van der Waals surface area contributed by atoms with Gasteiger partial charge in [-0.05, 0) is 44.9 Å². The van der Waals surface area contributed by atoms with Crippen LogP contribution in [0.4, 0.5) is 0 Å². The van der Waals surface area contributed by atoms with Crippen molar-refractivity contribution in [3.05, 3.63) is 41.7 Å². The molecule has 1 aliphatic heterocycles. The lowest BCUT2D eigenvalue weighted by molar-refractivity contribution is 0.0775. The van der Waals surface area contributed by atoms with Gasteiger partial charge >= 0.3 is 0 Å². The van der Waals surface area contributed by atoms with Gasteiger partial charge in [-0.2, -0.15) is 5.10 Å². The van der Waals surface area contributed by atoms with E-state index in [0.717, 1.165) is 13.2 Å². The van der Waals surface area contributed by atoms with Gasteiger partial charge in [-0.3, -0.25) is 9.48 Å². The van der Waals surface area contributed by atoms with Gasteiger partial charge in [0.15, 0.2) is 6.29 Å². The van der Waals surface area contributed by atoms with E-state index >= 15 is 0 Å². The van der Waals surface area contributed by atoms with Crippen molar-refractivity contribution < 1.29 is 19.4 Å². The van der Waals surface area contributed by atoms with Crippen molar-refractivity contribution in [2.45, 2.75) is 38.6 Å². The number of aromatic hydroxyl groups is 1. The Morgan fingerprint density at radius 3 is 2.76 bits per heavy atom. The maximum Gasteiger partial charge on any atom is 0.157 e. The number of methoxy groups -OCH3 is 1. The minimum atomic E-state index is -0.0562. The predicted octanol–water partition coefficient (Wildman–Crippen LogP) is 3.57. The molecule has 6 heteroatoms. The number of benzene rings is 1. The fourth-order valence-corrected chi connectivity index (χ4v) is 2.88. The highest BCUT2D eigenvalue weighted by Crippen LogP contribution is 2.26. The number of aldehydes is 1. The molecule has 3 rings (SSSR count). The summed E-state index contributed by atoms with van der Waals surface area (Å²) in [4.78, 5) is 10.4. The molecule has 1 aliphatic rings. The number of rotatable bonds is 4. The summed E-state index contributed by atoms with van der Waals surface area (Å²) in [5.41, 5.74) is 1.52. The van der Waals surface area contributed by atoms with Crippen LogP contribution in [-0.2, 0) is 4.74 Å². The molecule has 0 bridgehead atoms. The molecule has 1 fully saturated rings. The van der Waals surface area contributed by atoms with Crippen molar-refractivity contribution in [3.63, 3.8) is 0 Å². The summed E-state index contributed by atoms with van der Waals surface area (Å²) in [6, 6.07) is 7.23. The van der Waals surface area contributed by atoms with Gasteiger partial charge in [-0.1, -0.05) is 6.07 Å². The molecule has 2 aromatic rings. The zero-order valence-corrected chi connectivity index (χ0v) is 15.0. The Balaban J connectivity index is 0.000000186. The fraction of sp³-hybridized carbons (Fsp3) is 0.474. The average Bonchev–Trinajstić information content (AvgIpc) is 3.13. The van der Waals surface area contributed by atoms with E-state index in [0.29, 0.717) is 24.0 Å². The summed E-state index contributed by atoms with van der Waals surface area (Å²) < 4.78 is 12.4. The first kappa shape index (κ1) is 19.0. The number of carbonyl (C=O) groups excluding carboxylic acids is 1. The lowest BCUT2D eigenvalue weighted by Gasteiger charge is -2.24. The smallest absolute Gasteiger partial charge is 0.157 e. The van der Waals surface area contributed by atoms with E-state index in [1.165, 1.54) is 31.7 Å². The molecule has 0 spiro atoms. The molecule has 1 saturated heterocycles. The number of carbonyl (C=O) groups is 1. The lowest BCUT2D eigenvalue weighted by atomic mass is 9.98. The van der Waals surface area contributed by atoms with E-state index in [1.54, 1.807) is 12.1 Å². The zero-order valence-electron chi connectivity index (χ0n) is 15.0. The molecule has 1 atom stereocenters. The minimum Gasteiger partial charge on any atom is -0.507 e. The normalized spacial score (nSPS) is 16.9. The van der Waals surface area contributed by atoms with Crippen molar-refractivity contribution in [2.24, 2.45) is 0 Å². The maximum atomic E-state index is 10.4. The van der Waals surface area contributed by atoms with Gasteiger partial charge in [-0.25, -0.2) is 0 Å². The third-order valence-electron chi connectivity index (χ3n) is 4.15. The Labute approximate surface area is 148 Å². The molecule has 0 aliphatic carbocycles. The quantitative estimate of drug-likeness (QED) is 0.857. The highest BCUT2D eigenvalue weighted by Gasteiger charge is 2.20. The molecule has 2 heterocycles. The van der Waals surface area contributed by atoms with E-state index in [1.807, 2.05) is 6.20 Å². The SMILES string of the molecule is CC(C)n1nccc1C1CCCOC1.COc1cccc(O)c1C=O. The van der Waals surface area contributed by atoms with E-state index in [-0.39, 0.29) is 11.3 Å². The number of nitrogens with zero attached hydrogens (tertiary/aromatic N) is 2. The van der Waals surface area contributed by atoms with Gasteiger partial charge in [-0.15, -0.1) is 0 Å². The lowest BCUT2D eigenvalue weighted by Crippen LogP contribution is -2.19. The zero-order chi connectivity index (χ0) is 18.2. The molecule has 1 unspecified atom stereocenters. The van der Waals surface area contributed by atoms with Crippen molar-refractivity contribution in [1.82, 2.24) is 9.78 Å². The van der Waals surface area contributed by atoms with Gasteiger partial charge in [0.2, 0.25) is 0 Å². The van der Waals surface area contributed by atoms with Gasteiger partial charge < -0.3 is 14.6 Å². The molecule has 6 nitrogen and oxygen atoms in total. The van der Waals surface area contributed by atoms with Crippen molar-refractivity contribution in [2.75, 3.05) is 20.3 Å². The molecule has 25 heavy (non-hydrogen) atoms. The van der Waals surface area contributed by atoms with Crippen LogP contribution in [0.2, 0.25) is 0 Å². The molecule has 136 valence electrons.